The predicted octanol–water partition coefficient (Wildman–Crippen LogP) is 2.47. The first kappa shape index (κ1) is 11.4. The van der Waals surface area contributed by atoms with E-state index < -0.39 is 5.60 Å². The summed E-state index contributed by atoms with van der Waals surface area (Å²) in [5, 5.41) is 10.6. The maximum Gasteiger partial charge on any atom is 0.408 e. The van der Waals surface area contributed by atoms with E-state index in [1.807, 2.05) is 27.7 Å². The molecule has 3 rings (SSSR count). The molecule has 0 unspecified atom stereocenters. The van der Waals surface area contributed by atoms with Gasteiger partial charge in [0.2, 0.25) is 0 Å². The Morgan fingerprint density at radius 1 is 1.31 bits per heavy atom. The Hall–Kier alpha value is -1.06. The molecule has 0 aromatic heterocycles. The van der Waals surface area contributed by atoms with Gasteiger partial charge in [-0.3, -0.25) is 0 Å². The van der Waals surface area contributed by atoms with Gasteiger partial charge in [0.1, 0.15) is 5.60 Å². The summed E-state index contributed by atoms with van der Waals surface area (Å²) in [5.41, 5.74) is 0.350. The summed E-state index contributed by atoms with van der Waals surface area (Å²) in [7, 11) is 0. The van der Waals surface area contributed by atoms with Gasteiger partial charge in [0.15, 0.2) is 0 Å². The van der Waals surface area contributed by atoms with Crippen molar-refractivity contribution in [3.8, 4) is 0 Å². The van der Waals surface area contributed by atoms with Crippen molar-refractivity contribution in [2.24, 2.45) is 5.41 Å². The van der Waals surface area contributed by atoms with Crippen LogP contribution in [0.25, 0.3) is 0 Å². The quantitative estimate of drug-likeness (QED) is 0.708. The molecule has 0 heterocycles. The summed E-state index contributed by atoms with van der Waals surface area (Å²) in [6.07, 6.45) is 2.40. The Bertz CT molecular complexity index is 335. The van der Waals surface area contributed by atoms with Crippen molar-refractivity contribution in [1.29, 1.82) is 5.41 Å². The van der Waals surface area contributed by atoms with E-state index in [0.717, 1.165) is 25.0 Å². The van der Waals surface area contributed by atoms with Crippen molar-refractivity contribution < 1.29 is 9.53 Å². The fourth-order valence-corrected chi connectivity index (χ4v) is 2.84. The second-order valence-corrected chi connectivity index (χ2v) is 6.34. The second-order valence-electron chi connectivity index (χ2n) is 6.34. The average Bonchev–Trinajstić information content (AvgIpc) is 1.88. The third-order valence-corrected chi connectivity index (χ3v) is 3.59. The lowest BCUT2D eigenvalue weighted by molar-refractivity contribution is -0.100. The number of hydrogen-bond donors (Lipinski definition) is 2. The van der Waals surface area contributed by atoms with Gasteiger partial charge in [-0.25, -0.2) is 4.79 Å². The van der Waals surface area contributed by atoms with Crippen molar-refractivity contribution in [2.45, 2.75) is 58.1 Å². The highest BCUT2D eigenvalue weighted by Gasteiger charge is 2.69. The molecule has 3 saturated carbocycles. The Kier molecular flexibility index (Phi) is 2.14. The first-order valence-corrected chi connectivity index (χ1v) is 5.73. The predicted molar refractivity (Wildman–Crippen MR) is 61.8 cm³/mol. The van der Waals surface area contributed by atoms with Gasteiger partial charge in [0.25, 0.3) is 0 Å². The van der Waals surface area contributed by atoms with Crippen LogP contribution in [-0.2, 0) is 4.74 Å². The first-order chi connectivity index (χ1) is 7.17. The van der Waals surface area contributed by atoms with E-state index in [1.54, 1.807) is 0 Å². The van der Waals surface area contributed by atoms with Crippen LogP contribution in [0.5, 0.6) is 0 Å². The van der Waals surface area contributed by atoms with Gasteiger partial charge < -0.3 is 15.5 Å². The minimum Gasteiger partial charge on any atom is -0.444 e. The summed E-state index contributed by atoms with van der Waals surface area (Å²) in [5.74, 6) is 0. The lowest BCUT2D eigenvalue weighted by Crippen LogP contribution is -2.76. The van der Waals surface area contributed by atoms with E-state index in [1.165, 1.54) is 0 Å². The van der Waals surface area contributed by atoms with Crippen LogP contribution in [0.3, 0.4) is 0 Å². The standard InChI is InChI=1S/C12H20N2O2/c1-8(13)11-5-12(6-11,7-11)14-9(15)16-10(2,3)4/h13H,5-7H2,1-4H3,(H,14,15). The molecule has 1 amide bonds. The Balaban J connectivity index is 1.83. The van der Waals surface area contributed by atoms with Gasteiger partial charge >= 0.3 is 6.09 Å². The Morgan fingerprint density at radius 2 is 1.81 bits per heavy atom. The van der Waals surface area contributed by atoms with Gasteiger partial charge in [-0.15, -0.1) is 0 Å². The maximum absolute atomic E-state index is 11.6. The zero-order valence-electron chi connectivity index (χ0n) is 10.4. The lowest BCUT2D eigenvalue weighted by atomic mass is 9.38. The highest BCUT2D eigenvalue weighted by molar-refractivity contribution is 5.90. The molecular weight excluding hydrogens is 204 g/mol. The molecule has 3 fully saturated rings. The van der Waals surface area contributed by atoms with Crippen LogP contribution in [0.2, 0.25) is 0 Å². The molecule has 0 aliphatic heterocycles. The second kappa shape index (κ2) is 2.99. The topological polar surface area (TPSA) is 62.2 Å². The van der Waals surface area contributed by atoms with Gasteiger partial charge in [0, 0.05) is 16.7 Å². The molecule has 2 N–H and O–H groups in total. The molecule has 3 aliphatic carbocycles. The van der Waals surface area contributed by atoms with Crippen LogP contribution in [-0.4, -0.2) is 22.9 Å². The van der Waals surface area contributed by atoms with Crippen molar-refractivity contribution in [1.82, 2.24) is 5.32 Å². The van der Waals surface area contributed by atoms with Crippen LogP contribution in [0, 0.1) is 10.8 Å². The van der Waals surface area contributed by atoms with Gasteiger partial charge in [0.05, 0.1) is 0 Å². The van der Waals surface area contributed by atoms with Crippen LogP contribution in [0.15, 0.2) is 0 Å². The molecule has 2 bridgehead atoms. The van der Waals surface area contributed by atoms with Gasteiger partial charge in [-0.1, -0.05) is 0 Å². The summed E-state index contributed by atoms with van der Waals surface area (Å²) in [6, 6.07) is 0. The highest BCUT2D eigenvalue weighted by atomic mass is 16.6. The molecule has 4 heteroatoms. The molecule has 0 saturated heterocycles. The molecule has 16 heavy (non-hydrogen) atoms. The Labute approximate surface area is 96.3 Å². The minimum absolute atomic E-state index is 0.0648. The van der Waals surface area contributed by atoms with Crippen LogP contribution in [0.1, 0.15) is 47.0 Å². The number of carbonyl (C=O) groups excluding carboxylic acids is 1. The normalized spacial score (nSPS) is 35.8. The molecular formula is C12H20N2O2. The number of rotatable bonds is 2. The number of ether oxygens (including phenoxy) is 1. The summed E-state index contributed by atoms with van der Waals surface area (Å²) >= 11 is 0. The Morgan fingerprint density at radius 3 is 2.19 bits per heavy atom. The molecule has 3 aliphatic rings. The monoisotopic (exact) mass is 224 g/mol. The highest BCUT2D eigenvalue weighted by Crippen LogP contribution is 2.67. The van der Waals surface area contributed by atoms with Gasteiger partial charge in [-0.05, 0) is 47.0 Å². The van der Waals surface area contributed by atoms with E-state index in [4.69, 9.17) is 10.1 Å². The minimum atomic E-state index is -0.442. The zero-order valence-corrected chi connectivity index (χ0v) is 10.4. The van der Waals surface area contributed by atoms with E-state index in [2.05, 4.69) is 5.32 Å². The molecule has 90 valence electrons. The number of carbonyl (C=O) groups is 1. The molecule has 4 nitrogen and oxygen atoms in total. The molecule has 0 atom stereocenters. The number of hydrogen-bond acceptors (Lipinski definition) is 3. The van der Waals surface area contributed by atoms with Crippen molar-refractivity contribution in [3.63, 3.8) is 0 Å². The van der Waals surface area contributed by atoms with Crippen molar-refractivity contribution >= 4 is 11.8 Å². The van der Waals surface area contributed by atoms with Crippen molar-refractivity contribution in [2.75, 3.05) is 0 Å². The fraction of sp³-hybridized carbons (Fsp3) is 0.833. The number of nitrogens with one attached hydrogen (secondary N) is 2. The molecule has 0 aromatic rings. The zero-order chi connectivity index (χ0) is 12.2. The van der Waals surface area contributed by atoms with E-state index in [-0.39, 0.29) is 17.0 Å². The summed E-state index contributed by atoms with van der Waals surface area (Å²) in [4.78, 5) is 11.6. The van der Waals surface area contributed by atoms with Crippen LogP contribution >= 0.6 is 0 Å². The van der Waals surface area contributed by atoms with Gasteiger partial charge in [-0.2, -0.15) is 0 Å². The third-order valence-electron chi connectivity index (χ3n) is 3.59. The summed E-state index contributed by atoms with van der Waals surface area (Å²) in [6.45, 7) is 7.43. The van der Waals surface area contributed by atoms with Crippen LogP contribution < -0.4 is 5.32 Å². The molecule has 0 aromatic carbocycles. The smallest absolute Gasteiger partial charge is 0.408 e. The average molecular weight is 224 g/mol. The van der Waals surface area contributed by atoms with Crippen LogP contribution in [0.4, 0.5) is 4.79 Å². The fourth-order valence-electron chi connectivity index (χ4n) is 2.84. The number of alkyl carbamates (subject to hydrolysis) is 1. The lowest BCUT2D eigenvalue weighted by Gasteiger charge is -2.70. The van der Waals surface area contributed by atoms with Crippen molar-refractivity contribution in [3.05, 3.63) is 0 Å². The van der Waals surface area contributed by atoms with E-state index in [0.29, 0.717) is 0 Å². The molecule has 0 spiro atoms. The largest absolute Gasteiger partial charge is 0.444 e. The number of amides is 1. The first-order valence-electron chi connectivity index (χ1n) is 5.73. The summed E-state index contributed by atoms with van der Waals surface area (Å²) < 4.78 is 5.22. The SMILES string of the molecule is CC(=N)C12CC(NC(=O)OC(C)(C)C)(C1)C2. The third kappa shape index (κ3) is 1.70. The van der Waals surface area contributed by atoms with E-state index >= 15 is 0 Å². The maximum atomic E-state index is 11.6. The van der Waals surface area contributed by atoms with E-state index in [9.17, 15) is 4.79 Å². The molecule has 0 radical (unpaired) electrons.